The zero-order valence-corrected chi connectivity index (χ0v) is 12.5. The molecule has 1 fully saturated rings. The molecule has 1 saturated heterocycles. The SMILES string of the molecule is CNCCC(=O)NCc1cccc(CN2CCCC2=O)c1. The van der Waals surface area contributed by atoms with Crippen LogP contribution in [0.1, 0.15) is 30.4 Å². The lowest BCUT2D eigenvalue weighted by molar-refractivity contribution is -0.128. The van der Waals surface area contributed by atoms with Crippen molar-refractivity contribution in [2.45, 2.75) is 32.4 Å². The summed E-state index contributed by atoms with van der Waals surface area (Å²) in [6.45, 7) is 2.73. The van der Waals surface area contributed by atoms with Gasteiger partial charge in [-0.2, -0.15) is 0 Å². The number of carbonyl (C=O) groups excluding carboxylic acids is 2. The Bertz CT molecular complexity index is 502. The van der Waals surface area contributed by atoms with Crippen LogP contribution in [0.2, 0.25) is 0 Å². The fourth-order valence-corrected chi connectivity index (χ4v) is 2.46. The molecule has 5 nitrogen and oxygen atoms in total. The highest BCUT2D eigenvalue weighted by Gasteiger charge is 2.19. The molecule has 2 amide bonds. The molecule has 0 saturated carbocycles. The van der Waals surface area contributed by atoms with Crippen LogP contribution >= 0.6 is 0 Å². The summed E-state index contributed by atoms with van der Waals surface area (Å²) in [5, 5.41) is 5.86. The molecule has 114 valence electrons. The van der Waals surface area contributed by atoms with Gasteiger partial charge in [0.15, 0.2) is 0 Å². The van der Waals surface area contributed by atoms with E-state index >= 15 is 0 Å². The van der Waals surface area contributed by atoms with E-state index in [-0.39, 0.29) is 11.8 Å². The Morgan fingerprint density at radius 2 is 2.14 bits per heavy atom. The van der Waals surface area contributed by atoms with E-state index in [9.17, 15) is 9.59 Å². The molecular formula is C16H23N3O2. The van der Waals surface area contributed by atoms with Crippen LogP contribution in [0.15, 0.2) is 24.3 Å². The van der Waals surface area contributed by atoms with E-state index in [2.05, 4.69) is 16.7 Å². The first-order valence-electron chi connectivity index (χ1n) is 7.46. The van der Waals surface area contributed by atoms with E-state index in [0.717, 1.165) is 24.1 Å². The van der Waals surface area contributed by atoms with E-state index in [1.165, 1.54) is 0 Å². The Labute approximate surface area is 125 Å². The third-order valence-electron chi connectivity index (χ3n) is 3.63. The van der Waals surface area contributed by atoms with Crippen molar-refractivity contribution < 1.29 is 9.59 Å². The number of hydrogen-bond donors (Lipinski definition) is 2. The number of carbonyl (C=O) groups is 2. The van der Waals surface area contributed by atoms with Crippen LogP contribution in [0.4, 0.5) is 0 Å². The van der Waals surface area contributed by atoms with Gasteiger partial charge in [-0.3, -0.25) is 9.59 Å². The highest BCUT2D eigenvalue weighted by atomic mass is 16.2. The molecule has 1 heterocycles. The third-order valence-corrected chi connectivity index (χ3v) is 3.63. The summed E-state index contributed by atoms with van der Waals surface area (Å²) in [6.07, 6.45) is 2.11. The number of amides is 2. The standard InChI is InChI=1S/C16H23N3O2/c1-17-8-7-15(20)18-11-13-4-2-5-14(10-13)12-19-9-3-6-16(19)21/h2,4-5,10,17H,3,6-9,11-12H2,1H3,(H,18,20). The Morgan fingerprint density at radius 3 is 2.86 bits per heavy atom. The second-order valence-electron chi connectivity index (χ2n) is 5.37. The van der Waals surface area contributed by atoms with Crippen LogP contribution in [0.5, 0.6) is 0 Å². The van der Waals surface area contributed by atoms with Gasteiger partial charge in [-0.15, -0.1) is 0 Å². The fraction of sp³-hybridized carbons (Fsp3) is 0.500. The predicted molar refractivity (Wildman–Crippen MR) is 81.5 cm³/mol. The average molecular weight is 289 g/mol. The number of hydrogen-bond acceptors (Lipinski definition) is 3. The summed E-state index contributed by atoms with van der Waals surface area (Å²) in [5.74, 6) is 0.283. The molecule has 2 rings (SSSR count). The summed E-state index contributed by atoms with van der Waals surface area (Å²) in [5.41, 5.74) is 2.18. The molecule has 0 unspecified atom stereocenters. The maximum absolute atomic E-state index is 11.6. The van der Waals surface area contributed by atoms with Gasteiger partial charge in [-0.05, 0) is 24.6 Å². The van der Waals surface area contributed by atoms with Gasteiger partial charge in [0.1, 0.15) is 0 Å². The van der Waals surface area contributed by atoms with E-state index in [1.807, 2.05) is 30.1 Å². The maximum Gasteiger partial charge on any atom is 0.222 e. The van der Waals surface area contributed by atoms with Crippen LogP contribution in [-0.4, -0.2) is 36.9 Å². The van der Waals surface area contributed by atoms with Crippen molar-refractivity contribution in [3.05, 3.63) is 35.4 Å². The monoisotopic (exact) mass is 289 g/mol. The Balaban J connectivity index is 1.85. The van der Waals surface area contributed by atoms with Crippen molar-refractivity contribution in [2.24, 2.45) is 0 Å². The van der Waals surface area contributed by atoms with Gasteiger partial charge in [-0.1, -0.05) is 24.3 Å². The summed E-state index contributed by atoms with van der Waals surface area (Å²) in [6, 6.07) is 8.06. The number of likely N-dealkylation sites (tertiary alicyclic amines) is 1. The lowest BCUT2D eigenvalue weighted by Crippen LogP contribution is -2.26. The first-order chi connectivity index (χ1) is 10.2. The number of benzene rings is 1. The zero-order valence-electron chi connectivity index (χ0n) is 12.5. The van der Waals surface area contributed by atoms with E-state index in [0.29, 0.717) is 32.5 Å². The Morgan fingerprint density at radius 1 is 1.33 bits per heavy atom. The van der Waals surface area contributed by atoms with Crippen LogP contribution in [0, 0.1) is 0 Å². The van der Waals surface area contributed by atoms with Gasteiger partial charge in [0.05, 0.1) is 0 Å². The third kappa shape index (κ3) is 4.86. The molecule has 0 spiro atoms. The second kappa shape index (κ2) is 7.78. The van der Waals surface area contributed by atoms with Crippen LogP contribution in [-0.2, 0) is 22.7 Å². The zero-order chi connectivity index (χ0) is 15.1. The van der Waals surface area contributed by atoms with E-state index in [4.69, 9.17) is 0 Å². The fourth-order valence-electron chi connectivity index (χ4n) is 2.46. The first-order valence-corrected chi connectivity index (χ1v) is 7.46. The molecule has 21 heavy (non-hydrogen) atoms. The molecule has 0 radical (unpaired) electrons. The van der Waals surface area contributed by atoms with Gasteiger partial charge in [0.25, 0.3) is 0 Å². The van der Waals surface area contributed by atoms with E-state index < -0.39 is 0 Å². The van der Waals surface area contributed by atoms with Crippen LogP contribution in [0.25, 0.3) is 0 Å². The van der Waals surface area contributed by atoms with E-state index in [1.54, 1.807) is 0 Å². The molecule has 0 aliphatic carbocycles. The van der Waals surface area contributed by atoms with Crippen molar-refractivity contribution in [1.29, 1.82) is 0 Å². The van der Waals surface area contributed by atoms with Crippen molar-refractivity contribution in [2.75, 3.05) is 20.1 Å². The minimum absolute atomic E-state index is 0.0458. The molecule has 0 aromatic heterocycles. The normalized spacial score (nSPS) is 14.5. The summed E-state index contributed by atoms with van der Waals surface area (Å²) >= 11 is 0. The topological polar surface area (TPSA) is 61.4 Å². The number of nitrogens with one attached hydrogen (secondary N) is 2. The molecule has 2 N–H and O–H groups in total. The maximum atomic E-state index is 11.6. The Kier molecular flexibility index (Phi) is 5.75. The van der Waals surface area contributed by atoms with Crippen LogP contribution < -0.4 is 10.6 Å². The molecule has 1 aliphatic heterocycles. The van der Waals surface area contributed by atoms with Gasteiger partial charge in [0, 0.05) is 39.0 Å². The second-order valence-corrected chi connectivity index (χ2v) is 5.37. The summed E-state index contributed by atoms with van der Waals surface area (Å²) in [7, 11) is 1.83. The van der Waals surface area contributed by atoms with Crippen molar-refractivity contribution >= 4 is 11.8 Å². The van der Waals surface area contributed by atoms with Gasteiger partial charge in [-0.25, -0.2) is 0 Å². The summed E-state index contributed by atoms with van der Waals surface area (Å²) < 4.78 is 0. The molecule has 1 aliphatic rings. The van der Waals surface area contributed by atoms with Gasteiger partial charge < -0.3 is 15.5 Å². The predicted octanol–water partition coefficient (Wildman–Crippen LogP) is 1.03. The molecule has 0 bridgehead atoms. The lowest BCUT2D eigenvalue weighted by atomic mass is 10.1. The van der Waals surface area contributed by atoms with Crippen molar-refractivity contribution in [1.82, 2.24) is 15.5 Å². The molecule has 0 atom stereocenters. The first kappa shape index (κ1) is 15.5. The van der Waals surface area contributed by atoms with Crippen molar-refractivity contribution in [3.8, 4) is 0 Å². The highest BCUT2D eigenvalue weighted by Crippen LogP contribution is 2.15. The van der Waals surface area contributed by atoms with Crippen molar-refractivity contribution in [3.63, 3.8) is 0 Å². The minimum atomic E-state index is 0.0458. The molecule has 1 aromatic rings. The lowest BCUT2D eigenvalue weighted by Gasteiger charge is -2.16. The molecule has 1 aromatic carbocycles. The molecular weight excluding hydrogens is 266 g/mol. The number of rotatable bonds is 7. The Hall–Kier alpha value is -1.88. The largest absolute Gasteiger partial charge is 0.352 e. The van der Waals surface area contributed by atoms with Gasteiger partial charge in [0.2, 0.25) is 11.8 Å². The average Bonchev–Trinajstić information content (AvgIpc) is 2.88. The quantitative estimate of drug-likeness (QED) is 0.788. The minimum Gasteiger partial charge on any atom is -0.352 e. The van der Waals surface area contributed by atoms with Gasteiger partial charge >= 0.3 is 0 Å². The smallest absolute Gasteiger partial charge is 0.222 e. The highest BCUT2D eigenvalue weighted by molar-refractivity contribution is 5.78. The number of nitrogens with zero attached hydrogens (tertiary/aromatic N) is 1. The molecule has 5 heteroatoms. The summed E-state index contributed by atoms with van der Waals surface area (Å²) in [4.78, 5) is 25.1. The van der Waals surface area contributed by atoms with Crippen LogP contribution in [0.3, 0.4) is 0 Å².